The third-order valence-electron chi connectivity index (χ3n) is 2.97. The van der Waals surface area contributed by atoms with E-state index in [0.717, 1.165) is 24.5 Å². The van der Waals surface area contributed by atoms with E-state index in [-0.39, 0.29) is 12.1 Å². The van der Waals surface area contributed by atoms with Crippen molar-refractivity contribution in [2.45, 2.75) is 49.6 Å². The summed E-state index contributed by atoms with van der Waals surface area (Å²) in [5, 5.41) is 14.4. The van der Waals surface area contributed by atoms with Crippen molar-refractivity contribution in [1.29, 1.82) is 0 Å². The van der Waals surface area contributed by atoms with Gasteiger partial charge in [0.25, 0.3) is 0 Å². The molecule has 1 rings (SSSR count). The minimum Gasteiger partial charge on any atom is -0.394 e. The number of aryl methyl sites for hydroxylation is 1. The Morgan fingerprint density at radius 3 is 2.83 bits per heavy atom. The number of thioether (sulfide) groups is 1. The zero-order chi connectivity index (χ0) is 13.6. The van der Waals surface area contributed by atoms with Crippen molar-refractivity contribution in [2.75, 3.05) is 13.2 Å². The average molecular weight is 271 g/mol. The summed E-state index contributed by atoms with van der Waals surface area (Å²) in [4.78, 5) is 4.32. The van der Waals surface area contributed by atoms with Gasteiger partial charge in [-0.3, -0.25) is 0 Å². The molecule has 4 nitrogen and oxygen atoms in total. The van der Waals surface area contributed by atoms with Crippen molar-refractivity contribution >= 4 is 11.8 Å². The number of aromatic nitrogens is 2. The zero-order valence-electron chi connectivity index (χ0n) is 11.8. The first-order valence-corrected chi connectivity index (χ1v) is 7.38. The number of aliphatic hydroxyl groups excluding tert-OH is 1. The lowest BCUT2D eigenvalue weighted by molar-refractivity contribution is 0.166. The Morgan fingerprint density at radius 1 is 1.61 bits per heavy atom. The number of rotatable bonds is 8. The van der Waals surface area contributed by atoms with Crippen molar-refractivity contribution in [3.05, 3.63) is 12.4 Å². The van der Waals surface area contributed by atoms with Gasteiger partial charge < -0.3 is 15.0 Å². The van der Waals surface area contributed by atoms with Gasteiger partial charge in [-0.15, -0.1) is 0 Å². The van der Waals surface area contributed by atoms with Crippen LogP contribution in [0.15, 0.2) is 17.6 Å². The third kappa shape index (κ3) is 4.63. The Kier molecular flexibility index (Phi) is 6.18. The standard InChI is InChI=1S/C13H25N3OS/c1-5-6-15-13(3,10-17)9-11(2)18-12-14-7-8-16(12)4/h7-8,11,15,17H,5-6,9-10H2,1-4H3. The van der Waals surface area contributed by atoms with Crippen molar-refractivity contribution in [1.82, 2.24) is 14.9 Å². The normalized spacial score (nSPS) is 16.5. The molecule has 0 amide bonds. The maximum Gasteiger partial charge on any atom is 0.167 e. The Labute approximate surface area is 114 Å². The summed E-state index contributed by atoms with van der Waals surface area (Å²) < 4.78 is 2.02. The van der Waals surface area contributed by atoms with E-state index >= 15 is 0 Å². The quantitative estimate of drug-likeness (QED) is 0.711. The fraction of sp³-hybridized carbons (Fsp3) is 0.769. The number of nitrogens with one attached hydrogen (secondary N) is 1. The average Bonchev–Trinajstić information content (AvgIpc) is 2.72. The highest BCUT2D eigenvalue weighted by atomic mass is 32.2. The number of hydrogen-bond acceptors (Lipinski definition) is 4. The van der Waals surface area contributed by atoms with Crippen LogP contribution in [-0.2, 0) is 7.05 Å². The van der Waals surface area contributed by atoms with Gasteiger partial charge in [0.15, 0.2) is 5.16 Å². The summed E-state index contributed by atoms with van der Waals surface area (Å²) in [6, 6.07) is 0. The largest absolute Gasteiger partial charge is 0.394 e. The van der Waals surface area contributed by atoms with Gasteiger partial charge in [0.1, 0.15) is 0 Å². The lowest BCUT2D eigenvalue weighted by Crippen LogP contribution is -2.47. The molecule has 0 bridgehead atoms. The monoisotopic (exact) mass is 271 g/mol. The van der Waals surface area contributed by atoms with E-state index in [4.69, 9.17) is 0 Å². The first-order valence-electron chi connectivity index (χ1n) is 6.50. The molecule has 0 saturated heterocycles. The SMILES string of the molecule is CCCNC(C)(CO)CC(C)Sc1nccn1C. The molecule has 104 valence electrons. The number of aliphatic hydroxyl groups is 1. The summed E-state index contributed by atoms with van der Waals surface area (Å²) >= 11 is 1.75. The van der Waals surface area contributed by atoms with Gasteiger partial charge in [-0.05, 0) is 26.3 Å². The van der Waals surface area contributed by atoms with Gasteiger partial charge in [0, 0.05) is 30.2 Å². The van der Waals surface area contributed by atoms with Gasteiger partial charge in [-0.25, -0.2) is 4.98 Å². The maximum atomic E-state index is 9.55. The van der Waals surface area contributed by atoms with Crippen LogP contribution in [-0.4, -0.2) is 38.6 Å². The second-order valence-electron chi connectivity index (χ2n) is 5.10. The van der Waals surface area contributed by atoms with Crippen LogP contribution in [0.3, 0.4) is 0 Å². The van der Waals surface area contributed by atoms with Crippen molar-refractivity contribution in [2.24, 2.45) is 7.05 Å². The van der Waals surface area contributed by atoms with Crippen LogP contribution < -0.4 is 5.32 Å². The van der Waals surface area contributed by atoms with Gasteiger partial charge in [0.2, 0.25) is 0 Å². The Bertz CT molecular complexity index is 356. The Balaban J connectivity index is 2.51. The number of hydrogen-bond donors (Lipinski definition) is 2. The molecule has 0 fully saturated rings. The molecule has 2 unspecified atom stereocenters. The van der Waals surface area contributed by atoms with Crippen LogP contribution in [0.5, 0.6) is 0 Å². The Morgan fingerprint density at radius 2 is 2.33 bits per heavy atom. The highest BCUT2D eigenvalue weighted by Gasteiger charge is 2.25. The van der Waals surface area contributed by atoms with E-state index in [1.54, 1.807) is 11.8 Å². The van der Waals surface area contributed by atoms with Gasteiger partial charge in [-0.2, -0.15) is 0 Å². The molecule has 0 aromatic carbocycles. The molecular formula is C13H25N3OS. The van der Waals surface area contributed by atoms with Gasteiger partial charge in [0.05, 0.1) is 6.61 Å². The van der Waals surface area contributed by atoms with Crippen LogP contribution in [0.4, 0.5) is 0 Å². The molecule has 0 aliphatic rings. The highest BCUT2D eigenvalue weighted by Crippen LogP contribution is 2.27. The summed E-state index contributed by atoms with van der Waals surface area (Å²) in [5.41, 5.74) is -0.201. The first kappa shape index (κ1) is 15.5. The van der Waals surface area contributed by atoms with Crippen molar-refractivity contribution in [3.63, 3.8) is 0 Å². The smallest absolute Gasteiger partial charge is 0.167 e. The first-order chi connectivity index (χ1) is 8.50. The van der Waals surface area contributed by atoms with E-state index in [1.165, 1.54) is 0 Å². The van der Waals surface area contributed by atoms with Crippen molar-refractivity contribution < 1.29 is 5.11 Å². The minimum absolute atomic E-state index is 0.165. The predicted molar refractivity (Wildman–Crippen MR) is 76.9 cm³/mol. The van der Waals surface area contributed by atoms with E-state index in [9.17, 15) is 5.11 Å². The lowest BCUT2D eigenvalue weighted by Gasteiger charge is -2.31. The summed E-state index contributed by atoms with van der Waals surface area (Å²) in [6.45, 7) is 7.51. The topological polar surface area (TPSA) is 50.1 Å². The molecule has 0 spiro atoms. The fourth-order valence-electron chi connectivity index (χ4n) is 1.94. The molecule has 0 radical (unpaired) electrons. The molecule has 0 aliphatic heterocycles. The highest BCUT2D eigenvalue weighted by molar-refractivity contribution is 7.99. The van der Waals surface area contributed by atoms with Crippen LogP contribution in [0.2, 0.25) is 0 Å². The third-order valence-corrected chi connectivity index (χ3v) is 4.15. The van der Waals surface area contributed by atoms with E-state index in [2.05, 4.69) is 31.1 Å². The maximum absolute atomic E-state index is 9.55. The zero-order valence-corrected chi connectivity index (χ0v) is 12.6. The number of nitrogens with zero attached hydrogens (tertiary/aromatic N) is 2. The summed E-state index contributed by atoms with van der Waals surface area (Å²) in [7, 11) is 2.00. The second-order valence-corrected chi connectivity index (χ2v) is 6.50. The summed E-state index contributed by atoms with van der Waals surface area (Å²) in [6.07, 6.45) is 5.77. The molecule has 2 N–H and O–H groups in total. The summed E-state index contributed by atoms with van der Waals surface area (Å²) in [5.74, 6) is 0. The second kappa shape index (κ2) is 7.16. The fourth-order valence-corrected chi connectivity index (χ4v) is 3.10. The van der Waals surface area contributed by atoms with Gasteiger partial charge in [-0.1, -0.05) is 25.6 Å². The molecular weight excluding hydrogens is 246 g/mol. The lowest BCUT2D eigenvalue weighted by atomic mass is 9.97. The number of imidazole rings is 1. The van der Waals surface area contributed by atoms with E-state index in [0.29, 0.717) is 5.25 Å². The molecule has 1 heterocycles. The Hall–Kier alpha value is -0.520. The van der Waals surface area contributed by atoms with Crippen LogP contribution in [0.1, 0.15) is 33.6 Å². The van der Waals surface area contributed by atoms with Crippen molar-refractivity contribution in [3.8, 4) is 0 Å². The predicted octanol–water partition coefficient (Wildman–Crippen LogP) is 2.04. The van der Waals surface area contributed by atoms with E-state index < -0.39 is 0 Å². The van der Waals surface area contributed by atoms with Gasteiger partial charge >= 0.3 is 0 Å². The molecule has 0 saturated carbocycles. The van der Waals surface area contributed by atoms with Crippen LogP contribution in [0, 0.1) is 0 Å². The van der Waals surface area contributed by atoms with E-state index in [1.807, 2.05) is 24.0 Å². The minimum atomic E-state index is -0.201. The molecule has 18 heavy (non-hydrogen) atoms. The molecule has 2 atom stereocenters. The molecule has 0 aliphatic carbocycles. The molecule has 5 heteroatoms. The molecule has 1 aromatic heterocycles. The van der Waals surface area contributed by atoms with Crippen LogP contribution >= 0.6 is 11.8 Å². The molecule has 1 aromatic rings. The van der Waals surface area contributed by atoms with Crippen LogP contribution in [0.25, 0.3) is 0 Å².